The third-order valence-corrected chi connectivity index (χ3v) is 4.60. The molecule has 0 bridgehead atoms. The van der Waals surface area contributed by atoms with Crippen molar-refractivity contribution in [3.05, 3.63) is 51.8 Å². The van der Waals surface area contributed by atoms with Crippen molar-refractivity contribution in [3.63, 3.8) is 0 Å². The Morgan fingerprint density at radius 3 is 2.61 bits per heavy atom. The van der Waals surface area contributed by atoms with E-state index in [1.807, 2.05) is 4.90 Å². The number of ether oxygens (including phenoxy) is 2. The van der Waals surface area contributed by atoms with Gasteiger partial charge in [0.2, 0.25) is 5.82 Å². The van der Waals surface area contributed by atoms with E-state index in [9.17, 15) is 27.2 Å². The number of hydrogen-bond donors (Lipinski definition) is 2. The summed E-state index contributed by atoms with van der Waals surface area (Å²) in [4.78, 5) is 33.1. The highest BCUT2D eigenvalue weighted by molar-refractivity contribution is 5.91. The van der Waals surface area contributed by atoms with E-state index in [2.05, 4.69) is 20.0 Å². The predicted octanol–water partition coefficient (Wildman–Crippen LogP) is 2.53. The van der Waals surface area contributed by atoms with Gasteiger partial charge in [-0.15, -0.1) is 13.2 Å². The molecular weight excluding hydrogens is 424 g/mol. The van der Waals surface area contributed by atoms with Crippen molar-refractivity contribution < 1.29 is 31.8 Å². The summed E-state index contributed by atoms with van der Waals surface area (Å²) in [5.41, 5.74) is -0.370. The van der Waals surface area contributed by atoms with E-state index in [4.69, 9.17) is 4.74 Å². The molecule has 1 fully saturated rings. The van der Waals surface area contributed by atoms with Crippen LogP contribution in [0.4, 0.5) is 23.4 Å². The van der Waals surface area contributed by atoms with Gasteiger partial charge in [-0.05, 0) is 30.5 Å². The zero-order valence-electron chi connectivity index (χ0n) is 16.5. The largest absolute Gasteiger partial charge is 0.573 e. The lowest BCUT2D eigenvalue weighted by molar-refractivity contribution is -0.275. The molecule has 0 spiro atoms. The number of carbonyl (C=O) groups excluding carboxylic acids is 1. The molecule has 8 nitrogen and oxygen atoms in total. The predicted molar refractivity (Wildman–Crippen MR) is 101 cm³/mol. The van der Waals surface area contributed by atoms with Crippen LogP contribution in [0.3, 0.4) is 0 Å². The van der Waals surface area contributed by atoms with Crippen LogP contribution in [0.25, 0.3) is 0 Å². The third kappa shape index (κ3) is 5.94. The molecule has 2 aromatic rings. The number of carbonyl (C=O) groups is 1. The van der Waals surface area contributed by atoms with Gasteiger partial charge in [-0.2, -0.15) is 0 Å². The molecule has 2 N–H and O–H groups in total. The minimum Gasteiger partial charge on any atom is -0.403 e. The van der Waals surface area contributed by atoms with Crippen molar-refractivity contribution in [2.75, 3.05) is 31.7 Å². The smallest absolute Gasteiger partial charge is 0.403 e. The molecule has 31 heavy (non-hydrogen) atoms. The van der Waals surface area contributed by atoms with E-state index in [0.29, 0.717) is 5.82 Å². The number of nitrogens with one attached hydrogen (secondary N) is 2. The minimum atomic E-state index is -5.04. The van der Waals surface area contributed by atoms with Crippen molar-refractivity contribution in [2.24, 2.45) is 0 Å². The molecule has 168 valence electrons. The Bertz CT molecular complexity index is 990. The molecule has 1 aromatic carbocycles. The SMILES string of the molecule is COCC(NC(=O)c1nc(N2CCCC2)cc(=O)[nH]1)c1ccc(OC(F)(F)F)c(F)c1. The number of H-pyrrole nitrogens is 1. The molecule has 0 radical (unpaired) electrons. The summed E-state index contributed by atoms with van der Waals surface area (Å²) in [5, 5.41) is 2.55. The molecular formula is C19H20F4N4O4. The summed E-state index contributed by atoms with van der Waals surface area (Å²) >= 11 is 0. The van der Waals surface area contributed by atoms with Gasteiger partial charge in [0, 0.05) is 26.3 Å². The number of nitrogens with zero attached hydrogens (tertiary/aromatic N) is 2. The second-order valence-electron chi connectivity index (χ2n) is 6.87. The van der Waals surface area contributed by atoms with Crippen LogP contribution in [0.1, 0.15) is 35.1 Å². The molecule has 1 aliphatic heterocycles. The molecule has 1 unspecified atom stereocenters. The number of anilines is 1. The second kappa shape index (κ2) is 9.33. The van der Waals surface area contributed by atoms with Crippen molar-refractivity contribution in [2.45, 2.75) is 25.2 Å². The summed E-state index contributed by atoms with van der Waals surface area (Å²) in [6, 6.07) is 3.16. The van der Waals surface area contributed by atoms with E-state index >= 15 is 0 Å². The number of hydrogen-bond acceptors (Lipinski definition) is 6. The van der Waals surface area contributed by atoms with Gasteiger partial charge in [-0.25, -0.2) is 9.37 Å². The van der Waals surface area contributed by atoms with Crippen LogP contribution in [-0.2, 0) is 4.74 Å². The fourth-order valence-electron chi connectivity index (χ4n) is 3.22. The number of rotatable bonds is 7. The summed E-state index contributed by atoms with van der Waals surface area (Å²) < 4.78 is 59.7. The lowest BCUT2D eigenvalue weighted by atomic mass is 10.1. The Labute approximate surface area is 174 Å². The average Bonchev–Trinajstić information content (AvgIpc) is 3.22. The van der Waals surface area contributed by atoms with Crippen LogP contribution < -0.4 is 20.5 Å². The van der Waals surface area contributed by atoms with E-state index in [1.54, 1.807) is 0 Å². The second-order valence-corrected chi connectivity index (χ2v) is 6.87. The maximum absolute atomic E-state index is 14.1. The highest BCUT2D eigenvalue weighted by atomic mass is 19.4. The number of halogens is 4. The van der Waals surface area contributed by atoms with Crippen LogP contribution in [0.5, 0.6) is 5.75 Å². The molecule has 1 saturated heterocycles. The zero-order valence-corrected chi connectivity index (χ0v) is 16.5. The Kier molecular flexibility index (Phi) is 6.78. The normalized spacial score (nSPS) is 15.1. The quantitative estimate of drug-likeness (QED) is 0.638. The Morgan fingerprint density at radius 2 is 2.00 bits per heavy atom. The number of alkyl halides is 3. The minimum absolute atomic E-state index is 0.110. The monoisotopic (exact) mass is 444 g/mol. The van der Waals surface area contributed by atoms with Gasteiger partial charge in [0.1, 0.15) is 5.82 Å². The molecule has 1 aliphatic rings. The van der Waals surface area contributed by atoms with Gasteiger partial charge in [0.25, 0.3) is 11.5 Å². The van der Waals surface area contributed by atoms with Gasteiger partial charge in [0.15, 0.2) is 11.6 Å². The number of benzene rings is 1. The molecule has 0 saturated carbocycles. The first-order chi connectivity index (χ1) is 14.7. The molecule has 1 atom stereocenters. The zero-order chi connectivity index (χ0) is 22.6. The first-order valence-electron chi connectivity index (χ1n) is 9.37. The summed E-state index contributed by atoms with van der Waals surface area (Å²) in [6.45, 7) is 1.32. The fourth-order valence-corrected chi connectivity index (χ4v) is 3.22. The lowest BCUT2D eigenvalue weighted by Gasteiger charge is -2.20. The Hall–Kier alpha value is -3.15. The summed E-state index contributed by atoms with van der Waals surface area (Å²) in [5.74, 6) is -2.88. The summed E-state index contributed by atoms with van der Waals surface area (Å²) in [7, 11) is 1.34. The van der Waals surface area contributed by atoms with Crippen LogP contribution in [0.15, 0.2) is 29.1 Å². The third-order valence-electron chi connectivity index (χ3n) is 4.60. The highest BCUT2D eigenvalue weighted by Gasteiger charge is 2.32. The molecule has 1 amide bonds. The summed E-state index contributed by atoms with van der Waals surface area (Å²) in [6.07, 6.45) is -3.14. The topological polar surface area (TPSA) is 96.5 Å². The standard InChI is InChI=1S/C19H20F4N4O4/c1-30-10-13(11-4-5-14(12(20)8-11)31-19(21,22)23)24-18(29)17-25-15(9-16(28)26-17)27-6-2-3-7-27/h4-5,8-9,13H,2-3,6-7,10H2,1H3,(H,24,29)(H,25,26,28). The van der Waals surface area contributed by atoms with E-state index < -0.39 is 35.4 Å². The van der Waals surface area contributed by atoms with Gasteiger partial charge < -0.3 is 24.7 Å². The van der Waals surface area contributed by atoms with Crippen molar-refractivity contribution >= 4 is 11.7 Å². The van der Waals surface area contributed by atoms with Crippen LogP contribution in [0, 0.1) is 5.82 Å². The Morgan fingerprint density at radius 1 is 1.29 bits per heavy atom. The maximum Gasteiger partial charge on any atom is 0.573 e. The van der Waals surface area contributed by atoms with Crippen LogP contribution in [-0.4, -0.2) is 49.0 Å². The number of aromatic nitrogens is 2. The molecule has 0 aliphatic carbocycles. The van der Waals surface area contributed by atoms with Crippen LogP contribution >= 0.6 is 0 Å². The average molecular weight is 444 g/mol. The Balaban J connectivity index is 1.81. The van der Waals surface area contributed by atoms with E-state index in [0.717, 1.165) is 38.1 Å². The van der Waals surface area contributed by atoms with Gasteiger partial charge in [-0.3, -0.25) is 9.59 Å². The molecule has 12 heteroatoms. The molecule has 2 heterocycles. The maximum atomic E-state index is 14.1. The van der Waals surface area contributed by atoms with Gasteiger partial charge in [0.05, 0.1) is 12.6 Å². The number of amides is 1. The number of methoxy groups -OCH3 is 1. The molecule has 3 rings (SSSR count). The van der Waals surface area contributed by atoms with Crippen molar-refractivity contribution in [1.82, 2.24) is 15.3 Å². The van der Waals surface area contributed by atoms with E-state index in [1.165, 1.54) is 19.2 Å². The first kappa shape index (κ1) is 22.5. The van der Waals surface area contributed by atoms with Gasteiger partial charge >= 0.3 is 6.36 Å². The van der Waals surface area contributed by atoms with Gasteiger partial charge in [-0.1, -0.05) is 6.07 Å². The van der Waals surface area contributed by atoms with Crippen LogP contribution in [0.2, 0.25) is 0 Å². The first-order valence-corrected chi connectivity index (χ1v) is 9.37. The van der Waals surface area contributed by atoms with Crippen molar-refractivity contribution in [1.29, 1.82) is 0 Å². The molecule has 1 aromatic heterocycles. The fraction of sp³-hybridized carbons (Fsp3) is 0.421. The highest BCUT2D eigenvalue weighted by Crippen LogP contribution is 2.28. The van der Waals surface area contributed by atoms with E-state index in [-0.39, 0.29) is 18.0 Å². The number of aromatic amines is 1. The lowest BCUT2D eigenvalue weighted by Crippen LogP contribution is -2.34. The van der Waals surface area contributed by atoms with Crippen molar-refractivity contribution in [3.8, 4) is 5.75 Å².